The second-order valence-corrected chi connectivity index (χ2v) is 3.51. The van der Waals surface area contributed by atoms with Crippen LogP contribution in [-0.2, 0) is 9.53 Å². The van der Waals surface area contributed by atoms with Crippen molar-refractivity contribution < 1.29 is 9.53 Å². The smallest absolute Gasteiger partial charge is 0.307 e. The van der Waals surface area contributed by atoms with Crippen LogP contribution in [0.15, 0.2) is 24.5 Å². The van der Waals surface area contributed by atoms with Gasteiger partial charge in [0.2, 0.25) is 0 Å². The van der Waals surface area contributed by atoms with Crippen molar-refractivity contribution in [3.63, 3.8) is 0 Å². The lowest BCUT2D eigenvalue weighted by molar-refractivity contribution is -0.143. The number of aromatic nitrogens is 1. The lowest BCUT2D eigenvalue weighted by Gasteiger charge is -2.13. The fourth-order valence-corrected chi connectivity index (χ4v) is 1.39. The number of nitrogens with zero attached hydrogens (tertiary/aromatic N) is 1. The van der Waals surface area contributed by atoms with Crippen LogP contribution >= 0.6 is 0 Å². The minimum atomic E-state index is -0.156. The molecule has 0 unspecified atom stereocenters. The summed E-state index contributed by atoms with van der Waals surface area (Å²) in [6.45, 7) is 4.94. The highest BCUT2D eigenvalue weighted by Gasteiger charge is 2.05. The Kier molecular flexibility index (Phi) is 5.50. The van der Waals surface area contributed by atoms with Gasteiger partial charge in [0.15, 0.2) is 0 Å². The fraction of sp³-hybridized carbons (Fsp3) is 0.500. The molecule has 0 aliphatic rings. The molecule has 0 radical (unpaired) electrons. The van der Waals surface area contributed by atoms with Crippen molar-refractivity contribution in [1.82, 2.24) is 10.3 Å². The Labute approximate surface area is 96.0 Å². The van der Waals surface area contributed by atoms with Gasteiger partial charge in [-0.15, -0.1) is 0 Å². The molecule has 1 heterocycles. The molecule has 0 aliphatic carbocycles. The van der Waals surface area contributed by atoms with Crippen LogP contribution in [0, 0.1) is 0 Å². The maximum absolute atomic E-state index is 11.1. The number of pyridine rings is 1. The molecule has 0 aliphatic heterocycles. The first-order valence-electron chi connectivity index (χ1n) is 5.53. The van der Waals surface area contributed by atoms with E-state index in [1.807, 2.05) is 19.1 Å². The van der Waals surface area contributed by atoms with Crippen LogP contribution in [0.1, 0.15) is 31.9 Å². The average Bonchev–Trinajstić information content (AvgIpc) is 2.30. The summed E-state index contributed by atoms with van der Waals surface area (Å²) in [6.07, 6.45) is 3.93. The molecule has 1 rings (SSSR count). The van der Waals surface area contributed by atoms with Gasteiger partial charge in [-0.25, -0.2) is 0 Å². The molecule has 0 amide bonds. The second-order valence-electron chi connectivity index (χ2n) is 3.51. The minimum absolute atomic E-state index is 0.156. The number of esters is 1. The van der Waals surface area contributed by atoms with Crippen molar-refractivity contribution in [2.75, 3.05) is 13.2 Å². The van der Waals surface area contributed by atoms with Crippen LogP contribution in [0.25, 0.3) is 0 Å². The number of ether oxygens (including phenoxy) is 1. The molecule has 16 heavy (non-hydrogen) atoms. The highest BCUT2D eigenvalue weighted by atomic mass is 16.5. The highest BCUT2D eigenvalue weighted by molar-refractivity contribution is 5.69. The molecule has 1 atom stereocenters. The van der Waals surface area contributed by atoms with E-state index in [1.165, 1.54) is 5.56 Å². The van der Waals surface area contributed by atoms with E-state index in [1.54, 1.807) is 12.4 Å². The molecule has 1 N–H and O–H groups in total. The van der Waals surface area contributed by atoms with Gasteiger partial charge in [0, 0.05) is 25.0 Å². The standard InChI is InChI=1S/C12H18N2O2/c1-3-16-12(15)6-9-14-10(2)11-4-7-13-8-5-11/h4-5,7-8,10,14H,3,6,9H2,1-2H3/t10-/m1/s1. The van der Waals surface area contributed by atoms with Gasteiger partial charge >= 0.3 is 5.97 Å². The van der Waals surface area contributed by atoms with E-state index in [9.17, 15) is 4.79 Å². The van der Waals surface area contributed by atoms with Gasteiger partial charge in [0.05, 0.1) is 13.0 Å². The Balaban J connectivity index is 2.26. The van der Waals surface area contributed by atoms with Gasteiger partial charge in [0.25, 0.3) is 0 Å². The van der Waals surface area contributed by atoms with Crippen LogP contribution in [0.3, 0.4) is 0 Å². The first-order chi connectivity index (χ1) is 7.74. The molecule has 0 saturated carbocycles. The predicted molar refractivity (Wildman–Crippen MR) is 61.9 cm³/mol. The number of carbonyl (C=O) groups excluding carboxylic acids is 1. The molecule has 4 nitrogen and oxygen atoms in total. The molecule has 0 spiro atoms. The van der Waals surface area contributed by atoms with Crippen LogP contribution in [0.2, 0.25) is 0 Å². The second kappa shape index (κ2) is 6.95. The summed E-state index contributed by atoms with van der Waals surface area (Å²) < 4.78 is 4.84. The molecular formula is C12H18N2O2. The van der Waals surface area contributed by atoms with Crippen molar-refractivity contribution in [3.8, 4) is 0 Å². The number of carbonyl (C=O) groups is 1. The van der Waals surface area contributed by atoms with E-state index in [-0.39, 0.29) is 12.0 Å². The van der Waals surface area contributed by atoms with Crippen molar-refractivity contribution in [2.45, 2.75) is 26.3 Å². The zero-order chi connectivity index (χ0) is 11.8. The Morgan fingerprint density at radius 3 is 2.81 bits per heavy atom. The van der Waals surface area contributed by atoms with Gasteiger partial charge in [-0.1, -0.05) is 0 Å². The van der Waals surface area contributed by atoms with E-state index in [0.29, 0.717) is 19.6 Å². The highest BCUT2D eigenvalue weighted by Crippen LogP contribution is 2.09. The zero-order valence-corrected chi connectivity index (χ0v) is 9.77. The summed E-state index contributed by atoms with van der Waals surface area (Å²) in [5.74, 6) is -0.156. The maximum Gasteiger partial charge on any atom is 0.307 e. The van der Waals surface area contributed by atoms with Gasteiger partial charge in [0.1, 0.15) is 0 Å². The molecular weight excluding hydrogens is 204 g/mol. The third-order valence-electron chi connectivity index (χ3n) is 2.29. The molecule has 4 heteroatoms. The fourth-order valence-electron chi connectivity index (χ4n) is 1.39. The molecule has 1 aromatic rings. The monoisotopic (exact) mass is 222 g/mol. The van der Waals surface area contributed by atoms with Crippen LogP contribution in [-0.4, -0.2) is 24.1 Å². The first kappa shape index (κ1) is 12.6. The summed E-state index contributed by atoms with van der Waals surface area (Å²) >= 11 is 0. The molecule has 1 aromatic heterocycles. The number of nitrogens with one attached hydrogen (secondary N) is 1. The van der Waals surface area contributed by atoms with Crippen LogP contribution in [0.5, 0.6) is 0 Å². The van der Waals surface area contributed by atoms with Gasteiger partial charge < -0.3 is 10.1 Å². The van der Waals surface area contributed by atoms with E-state index >= 15 is 0 Å². The Hall–Kier alpha value is -1.42. The van der Waals surface area contributed by atoms with Crippen molar-refractivity contribution in [2.24, 2.45) is 0 Å². The Morgan fingerprint density at radius 2 is 2.19 bits per heavy atom. The summed E-state index contributed by atoms with van der Waals surface area (Å²) in [5, 5.41) is 3.26. The van der Waals surface area contributed by atoms with E-state index in [4.69, 9.17) is 4.74 Å². The average molecular weight is 222 g/mol. The zero-order valence-electron chi connectivity index (χ0n) is 9.77. The van der Waals surface area contributed by atoms with Gasteiger partial charge in [-0.05, 0) is 31.5 Å². The quantitative estimate of drug-likeness (QED) is 0.744. The maximum atomic E-state index is 11.1. The SMILES string of the molecule is CCOC(=O)CCN[C@H](C)c1ccncc1. The van der Waals surface area contributed by atoms with Crippen LogP contribution < -0.4 is 5.32 Å². The van der Waals surface area contributed by atoms with E-state index < -0.39 is 0 Å². The van der Waals surface area contributed by atoms with Gasteiger partial charge in [-0.2, -0.15) is 0 Å². The van der Waals surface area contributed by atoms with E-state index in [0.717, 1.165) is 0 Å². The third kappa shape index (κ3) is 4.40. The van der Waals surface area contributed by atoms with Crippen molar-refractivity contribution >= 4 is 5.97 Å². The van der Waals surface area contributed by atoms with Crippen molar-refractivity contribution in [1.29, 1.82) is 0 Å². The number of rotatable bonds is 6. The van der Waals surface area contributed by atoms with Crippen molar-refractivity contribution in [3.05, 3.63) is 30.1 Å². The summed E-state index contributed by atoms with van der Waals surface area (Å²) in [5.41, 5.74) is 1.17. The molecule has 88 valence electrons. The predicted octanol–water partition coefficient (Wildman–Crippen LogP) is 1.69. The largest absolute Gasteiger partial charge is 0.466 e. The molecule has 0 bridgehead atoms. The minimum Gasteiger partial charge on any atom is -0.466 e. The van der Waals surface area contributed by atoms with Gasteiger partial charge in [-0.3, -0.25) is 9.78 Å². The summed E-state index contributed by atoms with van der Waals surface area (Å²) in [4.78, 5) is 15.0. The third-order valence-corrected chi connectivity index (χ3v) is 2.29. The Morgan fingerprint density at radius 1 is 1.50 bits per heavy atom. The topological polar surface area (TPSA) is 51.2 Å². The molecule has 0 aromatic carbocycles. The summed E-state index contributed by atoms with van der Waals surface area (Å²) in [7, 11) is 0. The normalized spacial score (nSPS) is 12.1. The lowest BCUT2D eigenvalue weighted by Crippen LogP contribution is -2.22. The van der Waals surface area contributed by atoms with Crippen LogP contribution in [0.4, 0.5) is 0 Å². The van der Waals surface area contributed by atoms with E-state index in [2.05, 4.69) is 17.2 Å². The summed E-state index contributed by atoms with van der Waals surface area (Å²) in [6, 6.07) is 4.14. The number of hydrogen-bond acceptors (Lipinski definition) is 4. The lowest BCUT2D eigenvalue weighted by atomic mass is 10.1. The Bertz CT molecular complexity index is 314. The molecule has 0 fully saturated rings. The first-order valence-corrected chi connectivity index (χ1v) is 5.53. The number of hydrogen-bond donors (Lipinski definition) is 1. The molecule has 0 saturated heterocycles.